The first-order valence-electron chi connectivity index (χ1n) is 6.76. The zero-order valence-electron chi connectivity index (χ0n) is 12.2. The molecule has 1 N–H and O–H groups in total. The average Bonchev–Trinajstić information content (AvgIpc) is 3.10. The van der Waals surface area contributed by atoms with E-state index in [0.29, 0.717) is 12.3 Å². The van der Waals surface area contributed by atoms with Crippen molar-refractivity contribution in [3.05, 3.63) is 36.5 Å². The molecule has 0 amide bonds. The Morgan fingerprint density at radius 1 is 1.48 bits per heavy atom. The molecule has 116 valence electrons. The summed E-state index contributed by atoms with van der Waals surface area (Å²) in [6, 6.07) is 3.47. The Kier molecular flexibility index (Phi) is 5.16. The molecule has 2 heterocycles. The van der Waals surface area contributed by atoms with Crippen LogP contribution < -0.4 is 5.32 Å². The lowest BCUT2D eigenvalue weighted by molar-refractivity contribution is 0.406. The molecule has 0 fully saturated rings. The Hall–Kier alpha value is -1.64. The lowest BCUT2D eigenvalue weighted by atomic mass is 10.4. The molecule has 0 saturated carbocycles. The summed E-state index contributed by atoms with van der Waals surface area (Å²) >= 11 is 0. The summed E-state index contributed by atoms with van der Waals surface area (Å²) in [7, 11) is -2.03. The van der Waals surface area contributed by atoms with Crippen LogP contribution in [0.3, 0.4) is 0 Å². The first-order chi connectivity index (χ1) is 10.0. The monoisotopic (exact) mass is 312 g/mol. The van der Waals surface area contributed by atoms with E-state index >= 15 is 0 Å². The molecule has 0 aliphatic carbocycles. The minimum atomic E-state index is -3.56. The second kappa shape index (κ2) is 6.88. The van der Waals surface area contributed by atoms with Crippen LogP contribution in [-0.2, 0) is 23.1 Å². The second-order valence-corrected chi connectivity index (χ2v) is 6.68. The Balaban J connectivity index is 2.04. The predicted molar refractivity (Wildman–Crippen MR) is 78.1 cm³/mol. The van der Waals surface area contributed by atoms with Gasteiger partial charge in [-0.3, -0.25) is 4.68 Å². The highest BCUT2D eigenvalue weighted by Gasteiger charge is 2.23. The molecule has 0 saturated heterocycles. The Bertz CT molecular complexity index is 649. The van der Waals surface area contributed by atoms with Crippen molar-refractivity contribution in [1.29, 1.82) is 0 Å². The molecule has 0 aliphatic rings. The first kappa shape index (κ1) is 15.7. The maximum Gasteiger partial charge on any atom is 0.246 e. The van der Waals surface area contributed by atoms with E-state index in [-0.39, 0.29) is 11.4 Å². The fourth-order valence-electron chi connectivity index (χ4n) is 1.86. The summed E-state index contributed by atoms with van der Waals surface area (Å²) in [5.41, 5.74) is 0. The lowest BCUT2D eigenvalue weighted by Crippen LogP contribution is -2.26. The van der Waals surface area contributed by atoms with Crippen LogP contribution >= 0.6 is 0 Å². The van der Waals surface area contributed by atoms with E-state index in [0.717, 1.165) is 13.1 Å². The molecule has 0 aliphatic heterocycles. The van der Waals surface area contributed by atoms with Crippen molar-refractivity contribution in [2.24, 2.45) is 0 Å². The molecule has 0 radical (unpaired) electrons. The molecule has 2 aromatic heterocycles. The average molecular weight is 312 g/mol. The maximum absolute atomic E-state index is 12.4. The van der Waals surface area contributed by atoms with Gasteiger partial charge in [0.1, 0.15) is 10.7 Å². The molecule has 2 rings (SSSR count). The van der Waals surface area contributed by atoms with E-state index in [4.69, 9.17) is 4.42 Å². The minimum Gasteiger partial charge on any atom is -0.468 e. The Morgan fingerprint density at radius 2 is 2.29 bits per heavy atom. The van der Waals surface area contributed by atoms with Crippen molar-refractivity contribution in [3.63, 3.8) is 0 Å². The zero-order valence-corrected chi connectivity index (χ0v) is 13.0. The number of hydrogen-bond donors (Lipinski definition) is 1. The van der Waals surface area contributed by atoms with Gasteiger partial charge >= 0.3 is 0 Å². The van der Waals surface area contributed by atoms with Crippen LogP contribution in [0.5, 0.6) is 0 Å². The largest absolute Gasteiger partial charge is 0.468 e. The van der Waals surface area contributed by atoms with Crippen molar-refractivity contribution in [2.45, 2.75) is 24.9 Å². The molecule has 7 nitrogen and oxygen atoms in total. The number of furan rings is 1. The molecular weight excluding hydrogens is 292 g/mol. The topological polar surface area (TPSA) is 80.4 Å². The number of hydrogen-bond acceptors (Lipinski definition) is 5. The molecular formula is C13H20N4O3S. The van der Waals surface area contributed by atoms with Gasteiger partial charge in [0, 0.05) is 19.8 Å². The maximum atomic E-state index is 12.4. The number of likely N-dealkylation sites (N-methyl/N-ethyl adjacent to an activating group) is 1. The number of aromatic nitrogens is 2. The van der Waals surface area contributed by atoms with Crippen LogP contribution in [0.4, 0.5) is 0 Å². The Morgan fingerprint density at radius 3 is 2.95 bits per heavy atom. The van der Waals surface area contributed by atoms with Crippen LogP contribution in [0, 0.1) is 0 Å². The standard InChI is InChI=1S/C13H20N4O3S/c1-3-14-6-7-17-11-13(9-15-17)21(18,19)16(2)10-12-5-4-8-20-12/h4-5,8-9,11,14H,3,6-7,10H2,1-2H3. The molecule has 0 spiro atoms. The van der Waals surface area contributed by atoms with E-state index in [1.807, 2.05) is 6.92 Å². The highest BCUT2D eigenvalue weighted by Crippen LogP contribution is 2.16. The molecule has 0 atom stereocenters. The van der Waals surface area contributed by atoms with E-state index in [1.165, 1.54) is 23.8 Å². The van der Waals surface area contributed by atoms with Crippen molar-refractivity contribution < 1.29 is 12.8 Å². The summed E-state index contributed by atoms with van der Waals surface area (Å²) in [5, 5.41) is 7.25. The van der Waals surface area contributed by atoms with Crippen molar-refractivity contribution in [3.8, 4) is 0 Å². The van der Waals surface area contributed by atoms with Gasteiger partial charge in [-0.15, -0.1) is 0 Å². The molecule has 0 aromatic carbocycles. The van der Waals surface area contributed by atoms with Crippen LogP contribution in [0.2, 0.25) is 0 Å². The number of nitrogens with one attached hydrogen (secondary N) is 1. The number of sulfonamides is 1. The van der Waals surface area contributed by atoms with Gasteiger partial charge < -0.3 is 9.73 Å². The zero-order chi connectivity index (χ0) is 15.3. The van der Waals surface area contributed by atoms with Crippen LogP contribution in [-0.4, -0.2) is 42.6 Å². The molecule has 2 aromatic rings. The van der Waals surface area contributed by atoms with Crippen molar-refractivity contribution >= 4 is 10.0 Å². The number of rotatable bonds is 8. The van der Waals surface area contributed by atoms with Gasteiger partial charge in [0.15, 0.2) is 0 Å². The smallest absolute Gasteiger partial charge is 0.246 e. The van der Waals surface area contributed by atoms with Crippen molar-refractivity contribution in [2.75, 3.05) is 20.1 Å². The molecule has 0 bridgehead atoms. The van der Waals surface area contributed by atoms with Crippen LogP contribution in [0.15, 0.2) is 40.1 Å². The van der Waals surface area contributed by atoms with Crippen molar-refractivity contribution in [1.82, 2.24) is 19.4 Å². The second-order valence-electron chi connectivity index (χ2n) is 4.63. The van der Waals surface area contributed by atoms with Gasteiger partial charge in [0.25, 0.3) is 0 Å². The van der Waals surface area contributed by atoms with Gasteiger partial charge in [-0.1, -0.05) is 6.92 Å². The molecule has 21 heavy (non-hydrogen) atoms. The first-order valence-corrected chi connectivity index (χ1v) is 8.20. The summed E-state index contributed by atoms with van der Waals surface area (Å²) in [4.78, 5) is 0.188. The lowest BCUT2D eigenvalue weighted by Gasteiger charge is -2.14. The summed E-state index contributed by atoms with van der Waals surface area (Å²) in [6.45, 7) is 4.46. The van der Waals surface area contributed by atoms with Gasteiger partial charge in [-0.2, -0.15) is 9.40 Å². The SMILES string of the molecule is CCNCCn1cc(S(=O)(=O)N(C)Cc2ccco2)cn1. The van der Waals surface area contributed by atoms with Crippen LogP contribution in [0.25, 0.3) is 0 Å². The summed E-state index contributed by atoms with van der Waals surface area (Å²) in [6.07, 6.45) is 4.44. The quantitative estimate of drug-likeness (QED) is 0.733. The predicted octanol–water partition coefficient (Wildman–Crippen LogP) is 0.906. The number of nitrogens with zero attached hydrogens (tertiary/aromatic N) is 3. The Labute approximate surface area is 124 Å². The van der Waals surface area contributed by atoms with E-state index in [2.05, 4.69) is 10.4 Å². The third-order valence-electron chi connectivity index (χ3n) is 3.04. The van der Waals surface area contributed by atoms with Crippen LogP contribution in [0.1, 0.15) is 12.7 Å². The highest BCUT2D eigenvalue weighted by molar-refractivity contribution is 7.89. The van der Waals surface area contributed by atoms with Gasteiger partial charge in [-0.05, 0) is 18.7 Å². The minimum absolute atomic E-state index is 0.188. The third-order valence-corrected chi connectivity index (χ3v) is 4.80. The highest BCUT2D eigenvalue weighted by atomic mass is 32.2. The van der Waals surface area contributed by atoms with E-state index in [1.54, 1.807) is 23.0 Å². The van der Waals surface area contributed by atoms with E-state index in [9.17, 15) is 8.42 Å². The van der Waals surface area contributed by atoms with Gasteiger partial charge in [-0.25, -0.2) is 8.42 Å². The van der Waals surface area contributed by atoms with Gasteiger partial charge in [0.2, 0.25) is 10.0 Å². The fourth-order valence-corrected chi connectivity index (χ4v) is 2.95. The normalized spacial score (nSPS) is 12.1. The molecule has 0 unspecified atom stereocenters. The third kappa shape index (κ3) is 3.93. The fraction of sp³-hybridized carbons (Fsp3) is 0.462. The summed E-state index contributed by atoms with van der Waals surface area (Å²) < 4.78 is 32.9. The van der Waals surface area contributed by atoms with E-state index < -0.39 is 10.0 Å². The van der Waals surface area contributed by atoms with Gasteiger partial charge in [0.05, 0.1) is 25.5 Å². The summed E-state index contributed by atoms with van der Waals surface area (Å²) in [5.74, 6) is 0.598. The molecule has 8 heteroatoms.